The predicted octanol–water partition coefficient (Wildman–Crippen LogP) is 6.46. The van der Waals surface area contributed by atoms with E-state index in [1.165, 1.54) is 6.42 Å². The molecule has 176 valence electrons. The molecular weight excluding hydrogens is 582 g/mol. The van der Waals surface area contributed by atoms with Gasteiger partial charge in [-0.25, -0.2) is 9.69 Å². The summed E-state index contributed by atoms with van der Waals surface area (Å²) in [6.45, 7) is 3.62. The lowest BCUT2D eigenvalue weighted by molar-refractivity contribution is 0.0743. The molecule has 1 amide bonds. The third-order valence-electron chi connectivity index (χ3n) is 5.70. The van der Waals surface area contributed by atoms with Crippen LogP contribution >= 0.6 is 45.8 Å². The van der Waals surface area contributed by atoms with Gasteiger partial charge in [-0.1, -0.05) is 76.2 Å². The molecule has 1 aromatic heterocycles. The van der Waals surface area contributed by atoms with E-state index in [1.54, 1.807) is 16.8 Å². The summed E-state index contributed by atoms with van der Waals surface area (Å²) >= 11 is 15.0. The van der Waals surface area contributed by atoms with Crippen molar-refractivity contribution in [3.8, 4) is 28.8 Å². The summed E-state index contributed by atoms with van der Waals surface area (Å²) in [4.78, 5) is 13.2. The molecular formula is C26H25Cl2IN4O. The smallest absolute Gasteiger partial charge is 0.283 e. The van der Waals surface area contributed by atoms with Crippen LogP contribution in [0.5, 0.6) is 0 Å². The highest BCUT2D eigenvalue weighted by Gasteiger charge is 2.24. The fourth-order valence-electron chi connectivity index (χ4n) is 4.00. The fraction of sp³-hybridized carbons (Fsp3) is 0.308. The molecule has 0 saturated carbocycles. The van der Waals surface area contributed by atoms with Crippen LogP contribution in [0.4, 0.5) is 0 Å². The zero-order valence-electron chi connectivity index (χ0n) is 18.9. The molecule has 1 aliphatic heterocycles. The first-order chi connectivity index (χ1) is 16.5. The molecule has 34 heavy (non-hydrogen) atoms. The number of hydrazine groups is 1. The van der Waals surface area contributed by atoms with Crippen molar-refractivity contribution in [3.63, 3.8) is 0 Å². The molecule has 2 aromatic carbocycles. The van der Waals surface area contributed by atoms with Crippen molar-refractivity contribution in [3.05, 3.63) is 69.3 Å². The van der Waals surface area contributed by atoms with E-state index in [-0.39, 0.29) is 5.91 Å². The number of nitrogens with one attached hydrogen (secondary N) is 1. The van der Waals surface area contributed by atoms with E-state index in [0.717, 1.165) is 59.2 Å². The summed E-state index contributed by atoms with van der Waals surface area (Å²) in [6.07, 6.45) is 4.20. The molecule has 1 N–H and O–H groups in total. The van der Waals surface area contributed by atoms with E-state index >= 15 is 0 Å². The van der Waals surface area contributed by atoms with Gasteiger partial charge in [-0.3, -0.25) is 10.2 Å². The van der Waals surface area contributed by atoms with Crippen molar-refractivity contribution >= 4 is 51.7 Å². The Bertz CT molecular complexity index is 1240. The number of rotatable bonds is 5. The minimum atomic E-state index is -0.217. The van der Waals surface area contributed by atoms with Crippen LogP contribution in [0.3, 0.4) is 0 Å². The zero-order chi connectivity index (χ0) is 24.1. The van der Waals surface area contributed by atoms with Crippen LogP contribution in [0.2, 0.25) is 10.0 Å². The van der Waals surface area contributed by atoms with Gasteiger partial charge in [0.25, 0.3) is 5.91 Å². The van der Waals surface area contributed by atoms with Crippen molar-refractivity contribution in [2.24, 2.45) is 0 Å². The number of aromatic nitrogens is 2. The second-order valence-electron chi connectivity index (χ2n) is 8.14. The maximum atomic E-state index is 13.2. The molecule has 0 aliphatic carbocycles. The summed E-state index contributed by atoms with van der Waals surface area (Å²) in [7, 11) is 0. The molecule has 1 saturated heterocycles. The van der Waals surface area contributed by atoms with Gasteiger partial charge < -0.3 is 0 Å². The number of carbonyl (C=O) groups is 1. The maximum Gasteiger partial charge on any atom is 0.286 e. The van der Waals surface area contributed by atoms with Gasteiger partial charge >= 0.3 is 0 Å². The Labute approximate surface area is 223 Å². The molecule has 2 heterocycles. The molecule has 0 atom stereocenters. The number of nitrogens with zero attached hydrogens (tertiary/aromatic N) is 3. The molecule has 0 radical (unpaired) electrons. The van der Waals surface area contributed by atoms with E-state index in [2.05, 4.69) is 39.9 Å². The largest absolute Gasteiger partial charge is 0.286 e. The number of benzene rings is 2. The van der Waals surface area contributed by atoms with Gasteiger partial charge in [0, 0.05) is 45.7 Å². The Kier molecular flexibility index (Phi) is 8.54. The van der Waals surface area contributed by atoms with Crippen molar-refractivity contribution in [2.45, 2.75) is 32.6 Å². The molecule has 1 fully saturated rings. The number of hydrogen-bond donors (Lipinski definition) is 1. The topological polar surface area (TPSA) is 50.2 Å². The van der Waals surface area contributed by atoms with E-state index in [9.17, 15) is 4.79 Å². The first-order valence-corrected chi connectivity index (χ1v) is 13.5. The summed E-state index contributed by atoms with van der Waals surface area (Å²) in [5.74, 6) is 6.14. The molecule has 0 unspecified atom stereocenters. The molecule has 0 bridgehead atoms. The summed E-state index contributed by atoms with van der Waals surface area (Å²) in [6, 6.07) is 13.3. The van der Waals surface area contributed by atoms with Gasteiger partial charge in [-0.2, -0.15) is 5.10 Å². The van der Waals surface area contributed by atoms with E-state index in [4.69, 9.17) is 28.3 Å². The Morgan fingerprint density at radius 3 is 2.53 bits per heavy atom. The summed E-state index contributed by atoms with van der Waals surface area (Å²) < 4.78 is 2.74. The summed E-state index contributed by atoms with van der Waals surface area (Å²) in [5.41, 5.74) is 7.52. The van der Waals surface area contributed by atoms with Crippen molar-refractivity contribution < 1.29 is 4.79 Å². The average molecular weight is 607 g/mol. The fourth-order valence-corrected chi connectivity index (χ4v) is 4.76. The molecule has 5 nitrogen and oxygen atoms in total. The molecule has 1 aliphatic rings. The lowest BCUT2D eigenvalue weighted by atomic mass is 10.0. The highest BCUT2D eigenvalue weighted by atomic mass is 127. The average Bonchev–Trinajstić information content (AvgIpc) is 3.17. The van der Waals surface area contributed by atoms with Gasteiger partial charge in [0.1, 0.15) is 0 Å². The van der Waals surface area contributed by atoms with Crippen LogP contribution in [0.15, 0.2) is 42.5 Å². The highest BCUT2D eigenvalue weighted by molar-refractivity contribution is 14.1. The monoisotopic (exact) mass is 606 g/mol. The van der Waals surface area contributed by atoms with Crippen LogP contribution in [0.1, 0.15) is 47.3 Å². The second kappa shape index (κ2) is 11.6. The number of halogens is 3. The van der Waals surface area contributed by atoms with Crippen LogP contribution in [0, 0.1) is 18.8 Å². The number of hydrogen-bond acceptors (Lipinski definition) is 3. The van der Waals surface area contributed by atoms with E-state index < -0.39 is 0 Å². The Hall–Kier alpha value is -2.05. The quantitative estimate of drug-likeness (QED) is 0.206. The number of piperidine rings is 1. The minimum Gasteiger partial charge on any atom is -0.283 e. The number of amides is 1. The SMILES string of the molecule is Cc1c(C(=O)NN2CCCCC2)nn(-c2ccc(Cl)cc2Cl)c1-c1ccc(C#CCCI)cc1. The van der Waals surface area contributed by atoms with E-state index in [1.807, 2.05) is 42.3 Å². The van der Waals surface area contributed by atoms with Gasteiger partial charge in [-0.05, 0) is 50.1 Å². The predicted molar refractivity (Wildman–Crippen MR) is 147 cm³/mol. The van der Waals surface area contributed by atoms with Crippen LogP contribution in [0.25, 0.3) is 16.9 Å². The molecule has 3 aromatic rings. The maximum absolute atomic E-state index is 13.2. The first-order valence-electron chi connectivity index (χ1n) is 11.2. The van der Waals surface area contributed by atoms with Crippen LogP contribution in [-0.4, -0.2) is 38.2 Å². The van der Waals surface area contributed by atoms with Gasteiger partial charge in [-0.15, -0.1) is 0 Å². The lowest BCUT2D eigenvalue weighted by Gasteiger charge is -2.26. The van der Waals surface area contributed by atoms with Crippen LogP contribution < -0.4 is 5.43 Å². The van der Waals surface area contributed by atoms with E-state index in [0.29, 0.717) is 21.4 Å². The third kappa shape index (κ3) is 5.77. The Morgan fingerprint density at radius 1 is 1.12 bits per heavy atom. The number of alkyl halides is 1. The molecule has 4 rings (SSSR count). The Balaban J connectivity index is 1.76. The number of carbonyl (C=O) groups excluding carboxylic acids is 1. The van der Waals surface area contributed by atoms with Crippen molar-refractivity contribution in [1.29, 1.82) is 0 Å². The highest BCUT2D eigenvalue weighted by Crippen LogP contribution is 2.33. The lowest BCUT2D eigenvalue weighted by Crippen LogP contribution is -2.45. The summed E-state index contributed by atoms with van der Waals surface area (Å²) in [5, 5.41) is 7.69. The van der Waals surface area contributed by atoms with Gasteiger partial charge in [0.05, 0.1) is 16.4 Å². The Morgan fingerprint density at radius 2 is 1.85 bits per heavy atom. The normalized spacial score (nSPS) is 13.9. The first kappa shape index (κ1) is 25.1. The minimum absolute atomic E-state index is 0.217. The van der Waals surface area contributed by atoms with Gasteiger partial charge in [0.15, 0.2) is 5.69 Å². The third-order valence-corrected chi connectivity index (χ3v) is 6.78. The zero-order valence-corrected chi connectivity index (χ0v) is 22.5. The molecule has 8 heteroatoms. The van der Waals surface area contributed by atoms with Crippen molar-refractivity contribution in [1.82, 2.24) is 20.2 Å². The second-order valence-corrected chi connectivity index (χ2v) is 10.1. The van der Waals surface area contributed by atoms with Crippen molar-refractivity contribution in [2.75, 3.05) is 17.5 Å². The standard InChI is InChI=1S/C26H25Cl2IN4O/c1-18-24(26(34)31-32-15-5-2-6-16-32)30-33(23-13-12-21(27)17-22(23)28)25(18)20-10-8-19(9-11-20)7-3-4-14-29/h8-13,17H,2,4-6,14-16H2,1H3,(H,31,34). The van der Waals surface area contributed by atoms with Crippen LogP contribution in [-0.2, 0) is 0 Å². The van der Waals surface area contributed by atoms with Gasteiger partial charge in [0.2, 0.25) is 0 Å². The molecule has 0 spiro atoms.